The Kier molecular flexibility index (Phi) is 7.90. The Balaban J connectivity index is 1.39. The molecule has 0 unspecified atom stereocenters. The number of rotatable bonds is 9. The van der Waals surface area contributed by atoms with Crippen LogP contribution in [-0.2, 0) is 27.6 Å². The van der Waals surface area contributed by atoms with Crippen molar-refractivity contribution in [3.05, 3.63) is 94.5 Å². The summed E-state index contributed by atoms with van der Waals surface area (Å²) in [5.74, 6) is -2.31. The number of carbonyl (C=O) groups excluding carboxylic acids is 2. The molecule has 2 amide bonds. The Bertz CT molecular complexity index is 2280. The number of hydrogen-bond donors (Lipinski definition) is 1. The van der Waals surface area contributed by atoms with Crippen LogP contribution >= 0.6 is 11.6 Å². The number of amides is 2. The topological polar surface area (TPSA) is 150 Å². The Morgan fingerprint density at radius 2 is 1.92 bits per heavy atom. The van der Waals surface area contributed by atoms with E-state index in [2.05, 4.69) is 10.1 Å². The monoisotopic (exact) mass is 706 g/mol. The maximum atomic E-state index is 15.1. The lowest BCUT2D eigenvalue weighted by Gasteiger charge is -2.33. The van der Waals surface area contributed by atoms with E-state index in [4.69, 9.17) is 27.1 Å². The number of benzene rings is 2. The van der Waals surface area contributed by atoms with Crippen LogP contribution in [0.5, 0.6) is 5.75 Å². The van der Waals surface area contributed by atoms with E-state index >= 15 is 8.78 Å². The van der Waals surface area contributed by atoms with Crippen LogP contribution in [0.3, 0.4) is 0 Å². The van der Waals surface area contributed by atoms with Crippen molar-refractivity contribution in [2.24, 2.45) is 11.7 Å². The van der Waals surface area contributed by atoms with Crippen LogP contribution in [0.25, 0.3) is 22.2 Å². The second-order valence-electron chi connectivity index (χ2n) is 12.3. The minimum absolute atomic E-state index is 0.0793. The summed E-state index contributed by atoms with van der Waals surface area (Å²) in [6.07, 6.45) is 2.18. The summed E-state index contributed by atoms with van der Waals surface area (Å²) in [6.45, 7) is 1.57. The molecule has 0 spiro atoms. The molecule has 11 nitrogen and oxygen atoms in total. The lowest BCUT2D eigenvalue weighted by molar-refractivity contribution is -0.193. The molecule has 7 rings (SSSR count). The normalized spacial score (nSPS) is 16.3. The van der Waals surface area contributed by atoms with Gasteiger partial charge in [-0.3, -0.25) is 19.5 Å². The van der Waals surface area contributed by atoms with Crippen LogP contribution in [0.2, 0.25) is 5.02 Å². The van der Waals surface area contributed by atoms with E-state index < -0.39 is 33.8 Å². The molecule has 2 aromatic carbocycles. The van der Waals surface area contributed by atoms with E-state index in [-0.39, 0.29) is 28.4 Å². The summed E-state index contributed by atoms with van der Waals surface area (Å²) in [4.78, 5) is 36.1. The molecule has 1 aliphatic heterocycles. The Morgan fingerprint density at radius 3 is 2.59 bits per heavy atom. The first-order valence-corrected chi connectivity index (χ1v) is 17.6. The fourth-order valence-corrected chi connectivity index (χ4v) is 6.87. The van der Waals surface area contributed by atoms with Gasteiger partial charge in [0.1, 0.15) is 0 Å². The van der Waals surface area contributed by atoms with Crippen molar-refractivity contribution in [2.45, 2.75) is 49.8 Å². The molecule has 15 heteroatoms. The van der Waals surface area contributed by atoms with Gasteiger partial charge in [0.05, 0.1) is 51.3 Å². The van der Waals surface area contributed by atoms with Crippen molar-refractivity contribution in [1.29, 1.82) is 0 Å². The quantitative estimate of drug-likeness (QED) is 0.204. The number of hydrogen-bond acceptors (Lipinski definition) is 8. The molecule has 49 heavy (non-hydrogen) atoms. The Labute approximate surface area is 284 Å². The van der Waals surface area contributed by atoms with E-state index in [1.54, 1.807) is 35.0 Å². The van der Waals surface area contributed by atoms with Gasteiger partial charge in [-0.1, -0.05) is 29.8 Å². The fraction of sp³-hybridized carbons (Fsp3) is 0.265. The highest BCUT2D eigenvalue weighted by atomic mass is 35.5. The number of aromatic nitrogens is 4. The van der Waals surface area contributed by atoms with E-state index in [0.29, 0.717) is 56.5 Å². The number of anilines is 1. The number of ether oxygens (including phenoxy) is 1. The minimum Gasteiger partial charge on any atom is -0.423 e. The molecule has 0 radical (unpaired) electrons. The largest absolute Gasteiger partial charge is 0.482 e. The van der Waals surface area contributed by atoms with Crippen molar-refractivity contribution in [3.63, 3.8) is 0 Å². The van der Waals surface area contributed by atoms with Crippen molar-refractivity contribution in [3.8, 4) is 16.9 Å². The molecule has 5 aromatic rings. The van der Waals surface area contributed by atoms with Gasteiger partial charge in [0.2, 0.25) is 0 Å². The molecule has 0 saturated heterocycles. The highest BCUT2D eigenvalue weighted by Crippen LogP contribution is 2.45. The van der Waals surface area contributed by atoms with Crippen LogP contribution < -0.4 is 15.4 Å². The molecule has 3 aromatic heterocycles. The highest BCUT2D eigenvalue weighted by Gasteiger charge is 2.50. The van der Waals surface area contributed by atoms with E-state index in [0.717, 1.165) is 24.0 Å². The summed E-state index contributed by atoms with van der Waals surface area (Å²) < 4.78 is 61.3. The minimum atomic E-state index is -4.18. The molecule has 1 fully saturated rings. The second-order valence-corrected chi connectivity index (χ2v) is 14.8. The number of sulfone groups is 1. The van der Waals surface area contributed by atoms with Crippen LogP contribution in [0.1, 0.15) is 53.1 Å². The van der Waals surface area contributed by atoms with Gasteiger partial charge in [-0.15, -0.1) is 0 Å². The van der Waals surface area contributed by atoms with Gasteiger partial charge in [0.15, 0.2) is 21.2 Å². The predicted molar refractivity (Wildman–Crippen MR) is 177 cm³/mol. The third-order valence-electron chi connectivity index (χ3n) is 8.76. The average Bonchev–Trinajstić information content (AvgIpc) is 3.77. The summed E-state index contributed by atoms with van der Waals surface area (Å²) in [5.41, 5.74) is 8.65. The third kappa shape index (κ3) is 6.10. The number of nitrogens with two attached hydrogens (primary N) is 1. The SMILES string of the molecule is C[C@H](c1cccc(S(C)(=O)=O)c1)n1ncc2c(-c3ccc4c(c3)OC(F)(F)C(=O)N4Cc3ccc(Cl)cn3)c(C(N)=O)c(CC3CC3)nc21. The lowest BCUT2D eigenvalue weighted by Crippen LogP contribution is -2.50. The smallest absolute Gasteiger partial charge is 0.423 e. The van der Waals surface area contributed by atoms with Crippen molar-refractivity contribution < 1.29 is 31.5 Å². The molecule has 0 bridgehead atoms. The molecular weight excluding hydrogens is 678 g/mol. The van der Waals surface area contributed by atoms with E-state index in [1.165, 1.54) is 36.7 Å². The second kappa shape index (κ2) is 11.9. The third-order valence-corrected chi connectivity index (χ3v) is 10.1. The average molecular weight is 707 g/mol. The van der Waals surface area contributed by atoms with Crippen molar-refractivity contribution in [2.75, 3.05) is 11.2 Å². The number of primary amides is 1. The van der Waals surface area contributed by atoms with Gasteiger partial charge < -0.3 is 10.5 Å². The zero-order valence-corrected chi connectivity index (χ0v) is 27.8. The van der Waals surface area contributed by atoms with E-state index in [9.17, 15) is 18.0 Å². The number of pyridine rings is 2. The van der Waals surface area contributed by atoms with Gasteiger partial charge in [0, 0.05) is 23.4 Å². The first-order valence-electron chi connectivity index (χ1n) is 15.3. The van der Waals surface area contributed by atoms with Gasteiger partial charge in [-0.25, -0.2) is 18.1 Å². The van der Waals surface area contributed by atoms with Crippen LogP contribution in [0.15, 0.2) is 71.9 Å². The molecule has 252 valence electrons. The zero-order valence-electron chi connectivity index (χ0n) is 26.2. The molecule has 2 N–H and O–H groups in total. The maximum Gasteiger partial charge on any atom is 0.482 e. The zero-order chi connectivity index (χ0) is 34.8. The first kappa shape index (κ1) is 32.6. The predicted octanol–water partition coefficient (Wildman–Crippen LogP) is 5.73. The molecule has 1 saturated carbocycles. The number of alkyl halides is 2. The molecule has 1 atom stereocenters. The lowest BCUT2D eigenvalue weighted by atomic mass is 9.93. The standard InChI is InChI=1S/C34H29ClF2N6O5S/c1-18(20-4-3-5-24(13-20)49(2,46)47)43-32-25(16-40-43)29(30(31(38)44)26(41-32)12-19-6-7-19)21-8-11-27-28(14-21)48-34(36,37)33(45)42(27)17-23-10-9-22(35)15-39-23/h3-5,8-11,13-16,18-19H,6-7,12,17H2,1-2H3,(H2,38,44)/t18-/m1/s1. The Hall–Kier alpha value is -4.95. The molecular formula is C34H29ClF2N6O5S. The number of nitrogens with zero attached hydrogens (tertiary/aromatic N) is 5. The van der Waals surface area contributed by atoms with Crippen molar-refractivity contribution >= 4 is 50.0 Å². The highest BCUT2D eigenvalue weighted by molar-refractivity contribution is 7.90. The summed E-state index contributed by atoms with van der Waals surface area (Å²) in [6, 6.07) is 13.5. The number of halogens is 3. The van der Waals surface area contributed by atoms with Gasteiger partial charge in [-0.2, -0.15) is 13.9 Å². The van der Waals surface area contributed by atoms with Crippen LogP contribution in [0, 0.1) is 5.92 Å². The summed E-state index contributed by atoms with van der Waals surface area (Å²) in [7, 11) is -3.48. The maximum absolute atomic E-state index is 15.1. The van der Waals surface area contributed by atoms with Gasteiger partial charge in [-0.05, 0) is 79.6 Å². The van der Waals surface area contributed by atoms with Gasteiger partial charge >= 0.3 is 12.0 Å². The van der Waals surface area contributed by atoms with Crippen LogP contribution in [0.4, 0.5) is 14.5 Å². The van der Waals surface area contributed by atoms with Crippen LogP contribution in [-0.4, -0.2) is 52.3 Å². The Morgan fingerprint density at radius 1 is 1.14 bits per heavy atom. The first-order chi connectivity index (χ1) is 23.2. The fourth-order valence-electron chi connectivity index (χ4n) is 6.09. The van der Waals surface area contributed by atoms with Crippen molar-refractivity contribution in [1.82, 2.24) is 19.7 Å². The molecule has 2 aliphatic rings. The molecule has 1 aliphatic carbocycles. The number of carbonyl (C=O) groups is 2. The van der Waals surface area contributed by atoms with E-state index in [1.807, 2.05) is 6.92 Å². The number of fused-ring (bicyclic) bond motifs is 2. The van der Waals surface area contributed by atoms with Gasteiger partial charge in [0.25, 0.3) is 5.91 Å². The molecule has 4 heterocycles. The summed E-state index contributed by atoms with van der Waals surface area (Å²) in [5, 5.41) is 5.37. The summed E-state index contributed by atoms with van der Waals surface area (Å²) >= 11 is 5.93.